The fraction of sp³-hybridized carbons (Fsp3) is 1.00. The number of nitrogens with one attached hydrogen (secondary N) is 1. The van der Waals surface area contributed by atoms with Gasteiger partial charge in [0, 0.05) is 24.7 Å². The highest BCUT2D eigenvalue weighted by molar-refractivity contribution is 4.87. The van der Waals surface area contributed by atoms with Gasteiger partial charge in [-0.3, -0.25) is 0 Å². The van der Waals surface area contributed by atoms with Gasteiger partial charge in [-0.15, -0.1) is 0 Å². The summed E-state index contributed by atoms with van der Waals surface area (Å²) in [7, 11) is 0. The smallest absolute Gasteiger partial charge is 0.0611 e. The molecule has 18 heavy (non-hydrogen) atoms. The van der Waals surface area contributed by atoms with Gasteiger partial charge in [0.25, 0.3) is 0 Å². The second kappa shape index (κ2) is 6.88. The van der Waals surface area contributed by atoms with E-state index in [-0.39, 0.29) is 12.1 Å². The molecule has 0 spiro atoms. The van der Waals surface area contributed by atoms with Crippen molar-refractivity contribution < 1.29 is 5.11 Å². The molecule has 1 heterocycles. The van der Waals surface area contributed by atoms with E-state index in [1.807, 2.05) is 0 Å². The van der Waals surface area contributed by atoms with Gasteiger partial charge in [0.15, 0.2) is 0 Å². The molecule has 1 saturated heterocycles. The number of aliphatic hydroxyl groups excluding tert-OH is 1. The number of likely N-dealkylation sites (N-methyl/N-ethyl adjacent to an activating group) is 1. The lowest BCUT2D eigenvalue weighted by Gasteiger charge is -2.42. The summed E-state index contributed by atoms with van der Waals surface area (Å²) in [6, 6.07) is 0.672. The molecular weight excluding hydrogens is 224 g/mol. The summed E-state index contributed by atoms with van der Waals surface area (Å²) < 4.78 is 0. The first-order chi connectivity index (χ1) is 8.41. The van der Waals surface area contributed by atoms with Crippen molar-refractivity contribution in [2.45, 2.75) is 59.0 Å². The molecule has 0 aromatic rings. The van der Waals surface area contributed by atoms with Gasteiger partial charge >= 0.3 is 0 Å². The summed E-state index contributed by atoms with van der Waals surface area (Å²) in [5.74, 6) is 1.59. The molecule has 0 aromatic heterocycles. The van der Waals surface area contributed by atoms with Crippen LogP contribution >= 0.6 is 0 Å². The molecule has 3 heteroatoms. The van der Waals surface area contributed by atoms with Gasteiger partial charge in [-0.25, -0.2) is 0 Å². The lowest BCUT2D eigenvalue weighted by molar-refractivity contribution is 0.0628. The lowest BCUT2D eigenvalue weighted by atomic mass is 9.85. The number of rotatable bonds is 6. The zero-order chi connectivity index (χ0) is 13.8. The Labute approximate surface area is 113 Å². The van der Waals surface area contributed by atoms with Gasteiger partial charge in [0.1, 0.15) is 0 Å². The Kier molecular flexibility index (Phi) is 6.09. The Balaban J connectivity index is 2.50. The number of aliphatic hydroxyl groups is 1. The first-order valence-electron chi connectivity index (χ1n) is 7.51. The minimum Gasteiger partial charge on any atom is -0.394 e. The van der Waals surface area contributed by atoms with Crippen molar-refractivity contribution in [3.63, 3.8) is 0 Å². The number of hydrogen-bond donors (Lipinski definition) is 2. The predicted molar refractivity (Wildman–Crippen MR) is 77.8 cm³/mol. The molecule has 2 N–H and O–H groups in total. The summed E-state index contributed by atoms with van der Waals surface area (Å²) in [6.45, 7) is 14.7. The SMILES string of the molecule is CCNC(C)(CO)CCN1CC(C)CC(C)C1C. The maximum atomic E-state index is 9.53. The van der Waals surface area contributed by atoms with Crippen LogP contribution in [0.5, 0.6) is 0 Å². The second-order valence-corrected chi connectivity index (χ2v) is 6.55. The van der Waals surface area contributed by atoms with Crippen LogP contribution in [0.3, 0.4) is 0 Å². The first kappa shape index (κ1) is 15.9. The minimum atomic E-state index is -0.127. The van der Waals surface area contributed by atoms with Crippen LogP contribution in [0.1, 0.15) is 47.5 Å². The van der Waals surface area contributed by atoms with E-state index in [4.69, 9.17) is 0 Å². The molecule has 1 aliphatic rings. The van der Waals surface area contributed by atoms with Crippen molar-refractivity contribution in [3.05, 3.63) is 0 Å². The highest BCUT2D eigenvalue weighted by atomic mass is 16.3. The second-order valence-electron chi connectivity index (χ2n) is 6.55. The number of piperidine rings is 1. The number of hydrogen-bond acceptors (Lipinski definition) is 3. The maximum Gasteiger partial charge on any atom is 0.0611 e. The molecular formula is C15H32N2O. The normalized spacial score (nSPS) is 33.3. The predicted octanol–water partition coefficient (Wildman–Crippen LogP) is 2.10. The van der Waals surface area contributed by atoms with E-state index < -0.39 is 0 Å². The van der Waals surface area contributed by atoms with Crippen LogP contribution in [0.2, 0.25) is 0 Å². The maximum absolute atomic E-state index is 9.53. The van der Waals surface area contributed by atoms with E-state index in [1.54, 1.807) is 0 Å². The molecule has 0 radical (unpaired) electrons. The Morgan fingerprint density at radius 3 is 2.56 bits per heavy atom. The largest absolute Gasteiger partial charge is 0.394 e. The monoisotopic (exact) mass is 256 g/mol. The van der Waals surface area contributed by atoms with Crippen molar-refractivity contribution in [2.24, 2.45) is 11.8 Å². The van der Waals surface area contributed by atoms with Crippen molar-refractivity contribution in [2.75, 3.05) is 26.2 Å². The molecule has 4 unspecified atom stereocenters. The number of nitrogens with zero attached hydrogens (tertiary/aromatic N) is 1. The summed E-state index contributed by atoms with van der Waals surface area (Å²) in [5.41, 5.74) is -0.127. The third kappa shape index (κ3) is 4.22. The quantitative estimate of drug-likeness (QED) is 0.764. The van der Waals surface area contributed by atoms with Crippen molar-refractivity contribution in [1.82, 2.24) is 10.2 Å². The van der Waals surface area contributed by atoms with E-state index in [1.165, 1.54) is 13.0 Å². The molecule has 3 nitrogen and oxygen atoms in total. The highest BCUT2D eigenvalue weighted by Gasteiger charge is 2.30. The van der Waals surface area contributed by atoms with E-state index in [0.29, 0.717) is 6.04 Å². The standard InChI is InChI=1S/C15H32N2O/c1-6-16-15(5,11-18)7-8-17-10-12(2)9-13(3)14(17)4/h12-14,16,18H,6-11H2,1-5H3. The number of likely N-dealkylation sites (tertiary alicyclic amines) is 1. The van der Waals surface area contributed by atoms with Gasteiger partial charge in [-0.1, -0.05) is 20.8 Å². The van der Waals surface area contributed by atoms with Crippen LogP contribution < -0.4 is 5.32 Å². The van der Waals surface area contributed by atoms with E-state index >= 15 is 0 Å². The van der Waals surface area contributed by atoms with Gasteiger partial charge in [0.05, 0.1) is 6.61 Å². The Morgan fingerprint density at radius 2 is 2.00 bits per heavy atom. The summed E-state index contributed by atoms with van der Waals surface area (Å²) in [5, 5.41) is 12.9. The van der Waals surface area contributed by atoms with E-state index in [0.717, 1.165) is 31.3 Å². The van der Waals surface area contributed by atoms with Gasteiger partial charge in [-0.2, -0.15) is 0 Å². The zero-order valence-electron chi connectivity index (χ0n) is 12.9. The molecule has 1 rings (SSSR count). The van der Waals surface area contributed by atoms with Crippen LogP contribution in [-0.4, -0.2) is 47.8 Å². The Hall–Kier alpha value is -0.120. The first-order valence-corrected chi connectivity index (χ1v) is 7.51. The summed E-state index contributed by atoms with van der Waals surface area (Å²) in [6.07, 6.45) is 2.36. The highest BCUT2D eigenvalue weighted by Crippen LogP contribution is 2.27. The van der Waals surface area contributed by atoms with Crippen molar-refractivity contribution in [3.8, 4) is 0 Å². The lowest BCUT2D eigenvalue weighted by Crippen LogP contribution is -2.51. The third-order valence-corrected chi connectivity index (χ3v) is 4.62. The molecule has 1 aliphatic heterocycles. The fourth-order valence-electron chi connectivity index (χ4n) is 3.17. The Morgan fingerprint density at radius 1 is 1.33 bits per heavy atom. The molecule has 108 valence electrons. The topological polar surface area (TPSA) is 35.5 Å². The molecule has 0 aliphatic carbocycles. The molecule has 0 saturated carbocycles. The van der Waals surface area contributed by atoms with Crippen molar-refractivity contribution >= 4 is 0 Å². The van der Waals surface area contributed by atoms with Crippen LogP contribution in [0.15, 0.2) is 0 Å². The molecule has 4 atom stereocenters. The van der Waals surface area contributed by atoms with Crippen molar-refractivity contribution in [1.29, 1.82) is 0 Å². The molecule has 1 fully saturated rings. The summed E-state index contributed by atoms with van der Waals surface area (Å²) >= 11 is 0. The van der Waals surface area contributed by atoms with Gasteiger partial charge < -0.3 is 15.3 Å². The van der Waals surface area contributed by atoms with Crippen LogP contribution in [0, 0.1) is 11.8 Å². The van der Waals surface area contributed by atoms with Gasteiger partial charge in [0.2, 0.25) is 0 Å². The van der Waals surface area contributed by atoms with Crippen LogP contribution in [0.25, 0.3) is 0 Å². The van der Waals surface area contributed by atoms with E-state index in [2.05, 4.69) is 44.8 Å². The third-order valence-electron chi connectivity index (χ3n) is 4.62. The van der Waals surface area contributed by atoms with E-state index in [9.17, 15) is 5.11 Å². The fourth-order valence-corrected chi connectivity index (χ4v) is 3.17. The van der Waals surface area contributed by atoms with Crippen LogP contribution in [0.4, 0.5) is 0 Å². The average Bonchev–Trinajstić information content (AvgIpc) is 2.32. The molecule has 0 amide bonds. The van der Waals surface area contributed by atoms with Gasteiger partial charge in [-0.05, 0) is 45.1 Å². The average molecular weight is 256 g/mol. The molecule has 0 bridgehead atoms. The Bertz CT molecular complexity index is 247. The summed E-state index contributed by atoms with van der Waals surface area (Å²) in [4.78, 5) is 2.60. The zero-order valence-corrected chi connectivity index (χ0v) is 12.9. The minimum absolute atomic E-state index is 0.127. The molecule has 0 aromatic carbocycles. The van der Waals surface area contributed by atoms with Crippen LogP contribution in [-0.2, 0) is 0 Å².